The Hall–Kier alpha value is -0.980. The molecule has 0 aromatic heterocycles. The molecule has 0 fully saturated rings. The molecule has 1 nitrogen and oxygen atoms in total. The van der Waals surface area contributed by atoms with Crippen molar-refractivity contribution in [2.75, 3.05) is 6.61 Å². The summed E-state index contributed by atoms with van der Waals surface area (Å²) in [6.07, 6.45) is 4.71. The first-order valence-electron chi connectivity index (χ1n) is 2.79. The minimum atomic E-state index is 0.726. The Labute approximate surface area is 57.3 Å². The largest absolute Gasteiger partial charge is 0.502 e. The second kappa shape index (κ2) is 15.7. The normalized spacial score (nSPS) is 5.89. The van der Waals surface area contributed by atoms with Crippen molar-refractivity contribution in [2.45, 2.75) is 6.92 Å². The first kappa shape index (κ1) is 10.9. The maximum Gasteiger partial charge on any atom is 0.0844 e. The molecule has 0 aliphatic rings. The molecule has 0 amide bonds. The van der Waals surface area contributed by atoms with Gasteiger partial charge in [-0.3, -0.25) is 0 Å². The van der Waals surface area contributed by atoms with Gasteiger partial charge in [0, 0.05) is 0 Å². The third kappa shape index (κ3) is 43.4. The van der Waals surface area contributed by atoms with Gasteiger partial charge in [0.1, 0.15) is 0 Å². The summed E-state index contributed by atoms with van der Waals surface area (Å²) in [6.45, 7) is 12.7. The monoisotopic (exact) mass is 126 g/mol. The average molecular weight is 126 g/mol. The molecule has 9 heavy (non-hydrogen) atoms. The Bertz CT molecular complexity index is 68.6. The fraction of sp³-hybridized carbons (Fsp3) is 0.250. The molecule has 1 heteroatoms. The van der Waals surface area contributed by atoms with E-state index in [1.165, 1.54) is 6.26 Å². The van der Waals surface area contributed by atoms with E-state index in [4.69, 9.17) is 0 Å². The molecule has 0 saturated carbocycles. The SMILES string of the molecule is C=CC=C.C=COCC. The first-order chi connectivity index (χ1) is 4.33. The molecule has 0 aromatic carbocycles. The van der Waals surface area contributed by atoms with Crippen LogP contribution in [0, 0.1) is 0 Å². The van der Waals surface area contributed by atoms with Gasteiger partial charge in [0.05, 0.1) is 12.9 Å². The lowest BCUT2D eigenvalue weighted by Crippen LogP contribution is -1.72. The van der Waals surface area contributed by atoms with Crippen LogP contribution in [0.3, 0.4) is 0 Å². The van der Waals surface area contributed by atoms with Crippen molar-refractivity contribution in [3.8, 4) is 0 Å². The molecule has 0 N–H and O–H groups in total. The Balaban J connectivity index is 0. The molecule has 0 aliphatic heterocycles. The minimum Gasteiger partial charge on any atom is -0.502 e. The third-order valence-corrected chi connectivity index (χ3v) is 0.451. The maximum atomic E-state index is 4.60. The number of hydrogen-bond donors (Lipinski definition) is 0. The molecule has 0 saturated heterocycles. The smallest absolute Gasteiger partial charge is 0.0844 e. The number of ether oxygens (including phenoxy) is 1. The van der Waals surface area contributed by atoms with Gasteiger partial charge < -0.3 is 4.74 Å². The molecule has 0 bridgehead atoms. The topological polar surface area (TPSA) is 9.23 Å². The van der Waals surface area contributed by atoms with Gasteiger partial charge in [-0.2, -0.15) is 0 Å². The summed E-state index contributed by atoms with van der Waals surface area (Å²) >= 11 is 0. The van der Waals surface area contributed by atoms with Crippen LogP contribution in [0.1, 0.15) is 6.92 Å². The van der Waals surface area contributed by atoms with Crippen molar-refractivity contribution in [1.29, 1.82) is 0 Å². The molecule has 0 aromatic rings. The average Bonchev–Trinajstić information content (AvgIpc) is 1.91. The van der Waals surface area contributed by atoms with E-state index < -0.39 is 0 Å². The predicted octanol–water partition coefficient (Wildman–Crippen LogP) is 2.52. The van der Waals surface area contributed by atoms with E-state index in [0.29, 0.717) is 0 Å². The van der Waals surface area contributed by atoms with Crippen molar-refractivity contribution in [3.05, 3.63) is 38.2 Å². The van der Waals surface area contributed by atoms with Crippen LogP contribution in [-0.2, 0) is 4.74 Å². The predicted molar refractivity (Wildman–Crippen MR) is 42.2 cm³/mol. The molecule has 0 spiro atoms. The lowest BCUT2D eigenvalue weighted by Gasteiger charge is -1.84. The second-order valence-corrected chi connectivity index (χ2v) is 1.09. The fourth-order valence-corrected chi connectivity index (χ4v) is 0.118. The number of allylic oxidation sites excluding steroid dienone is 2. The minimum absolute atomic E-state index is 0.726. The lowest BCUT2D eigenvalue weighted by atomic mass is 10.6. The summed E-state index contributed by atoms with van der Waals surface area (Å²) in [5.41, 5.74) is 0. The molecule has 52 valence electrons. The van der Waals surface area contributed by atoms with Crippen LogP contribution in [0.5, 0.6) is 0 Å². The van der Waals surface area contributed by atoms with Crippen LogP contribution >= 0.6 is 0 Å². The highest BCUT2D eigenvalue weighted by Gasteiger charge is 1.55. The zero-order valence-electron chi connectivity index (χ0n) is 5.97. The van der Waals surface area contributed by atoms with Crippen molar-refractivity contribution in [2.24, 2.45) is 0 Å². The summed E-state index contributed by atoms with van der Waals surface area (Å²) in [4.78, 5) is 0. The number of rotatable bonds is 3. The van der Waals surface area contributed by atoms with E-state index >= 15 is 0 Å². The number of hydrogen-bond acceptors (Lipinski definition) is 1. The molecule has 0 heterocycles. The Morgan fingerprint density at radius 1 is 1.22 bits per heavy atom. The van der Waals surface area contributed by atoms with Gasteiger partial charge in [-0.25, -0.2) is 0 Å². The highest BCUT2D eigenvalue weighted by molar-refractivity contribution is 4.88. The van der Waals surface area contributed by atoms with Gasteiger partial charge in [0.15, 0.2) is 0 Å². The Kier molecular flexibility index (Phi) is 19.1. The summed E-state index contributed by atoms with van der Waals surface area (Å²) in [6, 6.07) is 0. The highest BCUT2D eigenvalue weighted by Crippen LogP contribution is 1.65. The third-order valence-electron chi connectivity index (χ3n) is 0.451. The van der Waals surface area contributed by atoms with E-state index in [-0.39, 0.29) is 0 Å². The van der Waals surface area contributed by atoms with Crippen molar-refractivity contribution in [3.63, 3.8) is 0 Å². The van der Waals surface area contributed by atoms with Crippen LogP contribution in [-0.4, -0.2) is 6.61 Å². The van der Waals surface area contributed by atoms with Crippen molar-refractivity contribution >= 4 is 0 Å². The van der Waals surface area contributed by atoms with Gasteiger partial charge in [0.25, 0.3) is 0 Å². The van der Waals surface area contributed by atoms with E-state index in [2.05, 4.69) is 24.5 Å². The first-order valence-corrected chi connectivity index (χ1v) is 2.79. The molecular formula is C8H14O. The van der Waals surface area contributed by atoms with E-state index in [1.807, 2.05) is 6.92 Å². The van der Waals surface area contributed by atoms with Gasteiger partial charge in [-0.15, -0.1) is 0 Å². The quantitative estimate of drug-likeness (QED) is 0.417. The highest BCUT2D eigenvalue weighted by atomic mass is 16.5. The van der Waals surface area contributed by atoms with Crippen LogP contribution in [0.15, 0.2) is 38.2 Å². The summed E-state index contributed by atoms with van der Waals surface area (Å²) in [7, 11) is 0. The Morgan fingerprint density at radius 2 is 1.67 bits per heavy atom. The molecular weight excluding hydrogens is 112 g/mol. The van der Waals surface area contributed by atoms with Gasteiger partial charge >= 0.3 is 0 Å². The van der Waals surface area contributed by atoms with E-state index in [9.17, 15) is 0 Å². The van der Waals surface area contributed by atoms with E-state index in [1.54, 1.807) is 12.2 Å². The van der Waals surface area contributed by atoms with E-state index in [0.717, 1.165) is 6.61 Å². The van der Waals surface area contributed by atoms with Crippen LogP contribution in [0.2, 0.25) is 0 Å². The van der Waals surface area contributed by atoms with Crippen LogP contribution in [0.25, 0.3) is 0 Å². The van der Waals surface area contributed by atoms with Gasteiger partial charge in [-0.1, -0.05) is 31.9 Å². The standard InChI is InChI=1S/C4H8O.C4H6/c1-3-5-4-2;1-3-4-2/h3H,1,4H2,2H3;3-4H,1-2H2. The molecule has 0 rings (SSSR count). The second-order valence-electron chi connectivity index (χ2n) is 1.09. The molecule has 0 radical (unpaired) electrons. The Morgan fingerprint density at radius 3 is 1.67 bits per heavy atom. The van der Waals surface area contributed by atoms with Crippen molar-refractivity contribution in [1.82, 2.24) is 0 Å². The molecule has 0 atom stereocenters. The van der Waals surface area contributed by atoms with Gasteiger partial charge in [-0.05, 0) is 6.92 Å². The van der Waals surface area contributed by atoms with Crippen molar-refractivity contribution < 1.29 is 4.74 Å². The van der Waals surface area contributed by atoms with Gasteiger partial charge in [0.2, 0.25) is 0 Å². The molecule has 0 aliphatic carbocycles. The van der Waals surface area contributed by atoms with Crippen LogP contribution < -0.4 is 0 Å². The van der Waals surface area contributed by atoms with Crippen LogP contribution in [0.4, 0.5) is 0 Å². The lowest BCUT2D eigenvalue weighted by molar-refractivity contribution is 0.270. The zero-order valence-corrected chi connectivity index (χ0v) is 5.97. The summed E-state index contributed by atoms with van der Waals surface area (Å²) in [5.74, 6) is 0. The fourth-order valence-electron chi connectivity index (χ4n) is 0.118. The molecule has 0 unspecified atom stereocenters. The maximum absolute atomic E-state index is 4.60. The zero-order chi connectivity index (χ0) is 7.54. The summed E-state index contributed by atoms with van der Waals surface area (Å²) in [5, 5.41) is 0. The summed E-state index contributed by atoms with van der Waals surface area (Å²) < 4.78 is 4.60.